The largest absolute Gasteiger partial charge is 0.392 e. The predicted octanol–water partition coefficient (Wildman–Crippen LogP) is 4.17. The first-order valence-electron chi connectivity index (χ1n) is 6.61. The molecule has 1 aliphatic rings. The highest BCUT2D eigenvalue weighted by Crippen LogP contribution is 2.36. The van der Waals surface area contributed by atoms with Crippen LogP contribution < -0.4 is 0 Å². The highest BCUT2D eigenvalue weighted by Gasteiger charge is 2.18. The van der Waals surface area contributed by atoms with E-state index in [1.54, 1.807) is 11.1 Å². The van der Waals surface area contributed by atoms with Crippen molar-refractivity contribution in [2.24, 2.45) is 0 Å². The summed E-state index contributed by atoms with van der Waals surface area (Å²) in [4.78, 5) is 0. The van der Waals surface area contributed by atoms with Crippen LogP contribution in [0.4, 0.5) is 0 Å². The van der Waals surface area contributed by atoms with Gasteiger partial charge >= 0.3 is 0 Å². The summed E-state index contributed by atoms with van der Waals surface area (Å²) in [6.45, 7) is 4.69. The molecular weight excluding hydrogens is 208 g/mol. The van der Waals surface area contributed by atoms with Gasteiger partial charge in [-0.05, 0) is 43.7 Å². The van der Waals surface area contributed by atoms with Crippen LogP contribution in [0.3, 0.4) is 0 Å². The summed E-state index contributed by atoms with van der Waals surface area (Å²) in [6, 6.07) is 8.27. The lowest BCUT2D eigenvalue weighted by atomic mass is 9.81. The number of hydrogen-bond acceptors (Lipinski definition) is 1. The monoisotopic (exact) mass is 230 g/mol. The van der Waals surface area contributed by atoms with Crippen molar-refractivity contribution in [3.05, 3.63) is 46.5 Å². The van der Waals surface area contributed by atoms with Crippen molar-refractivity contribution in [3.63, 3.8) is 0 Å². The SMILES string of the molecule is CC1=C(C(C)c2ccccc2CO)CCCC1. The first-order valence-corrected chi connectivity index (χ1v) is 6.61. The second kappa shape index (κ2) is 5.50. The molecule has 2 rings (SSSR count). The first-order chi connectivity index (χ1) is 8.24. The molecule has 1 aliphatic carbocycles. The molecule has 92 valence electrons. The van der Waals surface area contributed by atoms with Gasteiger partial charge in [-0.3, -0.25) is 0 Å². The molecule has 0 heterocycles. The number of allylic oxidation sites excluding steroid dienone is 2. The Morgan fingerprint density at radius 1 is 1.18 bits per heavy atom. The lowest BCUT2D eigenvalue weighted by molar-refractivity contribution is 0.280. The van der Waals surface area contributed by atoms with Crippen molar-refractivity contribution in [2.75, 3.05) is 0 Å². The van der Waals surface area contributed by atoms with Crippen molar-refractivity contribution in [2.45, 2.75) is 52.1 Å². The molecule has 0 amide bonds. The van der Waals surface area contributed by atoms with Gasteiger partial charge in [-0.1, -0.05) is 42.3 Å². The van der Waals surface area contributed by atoms with E-state index in [-0.39, 0.29) is 6.61 Å². The standard InChI is InChI=1S/C16H22O/c1-12-7-3-5-9-15(12)13(2)16-10-6-4-8-14(16)11-17/h4,6,8,10,13,17H,3,5,7,9,11H2,1-2H3. The highest BCUT2D eigenvalue weighted by molar-refractivity contribution is 5.37. The van der Waals surface area contributed by atoms with Crippen molar-refractivity contribution in [1.29, 1.82) is 0 Å². The lowest BCUT2D eigenvalue weighted by Crippen LogP contribution is -2.07. The third kappa shape index (κ3) is 2.61. The van der Waals surface area contributed by atoms with E-state index >= 15 is 0 Å². The molecule has 0 aliphatic heterocycles. The summed E-state index contributed by atoms with van der Waals surface area (Å²) in [5.74, 6) is 0.457. The number of rotatable bonds is 3. The smallest absolute Gasteiger partial charge is 0.0684 e. The second-order valence-corrected chi connectivity index (χ2v) is 5.09. The minimum absolute atomic E-state index is 0.146. The first kappa shape index (κ1) is 12.4. The Balaban J connectivity index is 2.33. The highest BCUT2D eigenvalue weighted by atomic mass is 16.3. The Bertz CT molecular complexity index is 417. The fourth-order valence-electron chi connectivity index (χ4n) is 2.95. The third-order valence-corrected chi connectivity index (χ3v) is 4.01. The van der Waals surface area contributed by atoms with Crippen molar-refractivity contribution >= 4 is 0 Å². The van der Waals surface area contributed by atoms with E-state index in [2.05, 4.69) is 26.0 Å². The average molecular weight is 230 g/mol. The Labute approximate surface area is 104 Å². The molecule has 17 heavy (non-hydrogen) atoms. The maximum Gasteiger partial charge on any atom is 0.0684 e. The summed E-state index contributed by atoms with van der Waals surface area (Å²) >= 11 is 0. The quantitative estimate of drug-likeness (QED) is 0.773. The normalized spacial score (nSPS) is 18.3. The minimum atomic E-state index is 0.146. The molecule has 0 fully saturated rings. The zero-order chi connectivity index (χ0) is 12.3. The van der Waals surface area contributed by atoms with Crippen LogP contribution >= 0.6 is 0 Å². The molecule has 1 aromatic carbocycles. The Kier molecular flexibility index (Phi) is 4.01. The van der Waals surface area contributed by atoms with Crippen molar-refractivity contribution in [3.8, 4) is 0 Å². The summed E-state index contributed by atoms with van der Waals surface area (Å²) in [6.07, 6.45) is 5.13. The Morgan fingerprint density at radius 2 is 1.88 bits per heavy atom. The third-order valence-electron chi connectivity index (χ3n) is 4.01. The zero-order valence-electron chi connectivity index (χ0n) is 10.9. The van der Waals surface area contributed by atoms with Gasteiger partial charge in [0.1, 0.15) is 0 Å². The van der Waals surface area contributed by atoms with Crippen LogP contribution in [-0.2, 0) is 6.61 Å². The predicted molar refractivity (Wildman–Crippen MR) is 71.9 cm³/mol. The van der Waals surface area contributed by atoms with Crippen LogP contribution in [0.15, 0.2) is 35.4 Å². The minimum Gasteiger partial charge on any atom is -0.392 e. The molecule has 0 radical (unpaired) electrons. The molecule has 1 nitrogen and oxygen atoms in total. The van der Waals surface area contributed by atoms with Gasteiger partial charge in [0, 0.05) is 5.92 Å². The molecule has 0 saturated carbocycles. The molecule has 1 unspecified atom stereocenters. The molecule has 0 aromatic heterocycles. The maximum absolute atomic E-state index is 9.42. The zero-order valence-corrected chi connectivity index (χ0v) is 10.9. The van der Waals surface area contributed by atoms with E-state index in [4.69, 9.17) is 0 Å². The van der Waals surface area contributed by atoms with Gasteiger partial charge in [-0.25, -0.2) is 0 Å². The van der Waals surface area contributed by atoms with Crippen LogP contribution in [0.5, 0.6) is 0 Å². The molecule has 0 saturated heterocycles. The molecule has 1 aromatic rings. The van der Waals surface area contributed by atoms with E-state index in [1.807, 2.05) is 12.1 Å². The fraction of sp³-hybridized carbons (Fsp3) is 0.500. The van der Waals surface area contributed by atoms with Gasteiger partial charge in [0.2, 0.25) is 0 Å². The lowest BCUT2D eigenvalue weighted by Gasteiger charge is -2.25. The molecule has 1 heteroatoms. The second-order valence-electron chi connectivity index (χ2n) is 5.09. The summed E-state index contributed by atoms with van der Waals surface area (Å²) in [7, 11) is 0. The molecule has 0 spiro atoms. The Hall–Kier alpha value is -1.08. The van der Waals surface area contributed by atoms with Gasteiger partial charge in [-0.2, -0.15) is 0 Å². The topological polar surface area (TPSA) is 20.2 Å². The fourth-order valence-corrected chi connectivity index (χ4v) is 2.95. The summed E-state index contributed by atoms with van der Waals surface area (Å²) < 4.78 is 0. The van der Waals surface area contributed by atoms with Crippen LogP contribution in [0.2, 0.25) is 0 Å². The van der Waals surface area contributed by atoms with Crippen LogP contribution in [-0.4, -0.2) is 5.11 Å². The molecular formula is C16H22O. The van der Waals surface area contributed by atoms with Gasteiger partial charge in [0.05, 0.1) is 6.61 Å². The number of aliphatic hydroxyl groups is 1. The number of aliphatic hydroxyl groups excluding tert-OH is 1. The number of benzene rings is 1. The maximum atomic E-state index is 9.42. The van der Waals surface area contributed by atoms with Crippen LogP contribution in [0.1, 0.15) is 56.6 Å². The van der Waals surface area contributed by atoms with Gasteiger partial charge < -0.3 is 5.11 Å². The molecule has 1 N–H and O–H groups in total. The van der Waals surface area contributed by atoms with Gasteiger partial charge in [0.25, 0.3) is 0 Å². The van der Waals surface area contributed by atoms with Crippen molar-refractivity contribution < 1.29 is 5.11 Å². The average Bonchev–Trinajstić information content (AvgIpc) is 2.38. The molecule has 1 atom stereocenters. The number of hydrogen-bond donors (Lipinski definition) is 1. The van der Waals surface area contributed by atoms with E-state index in [0.29, 0.717) is 5.92 Å². The summed E-state index contributed by atoms with van der Waals surface area (Å²) in [5, 5.41) is 9.42. The van der Waals surface area contributed by atoms with Gasteiger partial charge in [0.15, 0.2) is 0 Å². The Morgan fingerprint density at radius 3 is 2.59 bits per heavy atom. The van der Waals surface area contributed by atoms with E-state index in [1.165, 1.54) is 31.2 Å². The van der Waals surface area contributed by atoms with Crippen molar-refractivity contribution in [1.82, 2.24) is 0 Å². The van der Waals surface area contributed by atoms with E-state index in [0.717, 1.165) is 5.56 Å². The van der Waals surface area contributed by atoms with Crippen LogP contribution in [0, 0.1) is 0 Å². The molecule has 0 bridgehead atoms. The van der Waals surface area contributed by atoms with E-state index in [9.17, 15) is 5.11 Å². The van der Waals surface area contributed by atoms with Gasteiger partial charge in [-0.15, -0.1) is 0 Å². The summed E-state index contributed by atoms with van der Waals surface area (Å²) in [5.41, 5.74) is 5.53. The van der Waals surface area contributed by atoms with Crippen LogP contribution in [0.25, 0.3) is 0 Å². The van der Waals surface area contributed by atoms with E-state index < -0.39 is 0 Å².